The first-order valence-corrected chi connectivity index (χ1v) is 10.5. The van der Waals surface area contributed by atoms with Gasteiger partial charge in [-0.2, -0.15) is 0 Å². The molecule has 0 radical (unpaired) electrons. The molecular formula is C22H23Cl2N3O4. The standard InChI is InChI=1S/C22H23Cl2N3O4/c1-31-22(30)20(17-7-2-3-8-18(17)24)27-11-9-26(10-12-27)19(28)14-25-21(29)15-5-4-6-16(23)13-15/h2-8,13,20H,9-12,14H2,1H3,(H,25,29). The van der Waals surface area contributed by atoms with Crippen LogP contribution in [0.3, 0.4) is 0 Å². The predicted octanol–water partition coefficient (Wildman–Crippen LogP) is 2.78. The zero-order valence-electron chi connectivity index (χ0n) is 17.0. The van der Waals surface area contributed by atoms with Gasteiger partial charge in [0, 0.05) is 41.8 Å². The van der Waals surface area contributed by atoms with Crippen molar-refractivity contribution in [2.45, 2.75) is 6.04 Å². The Morgan fingerprint density at radius 1 is 1.03 bits per heavy atom. The molecule has 31 heavy (non-hydrogen) atoms. The van der Waals surface area contributed by atoms with Gasteiger partial charge in [-0.3, -0.25) is 14.5 Å². The molecule has 0 saturated carbocycles. The molecule has 0 aliphatic carbocycles. The van der Waals surface area contributed by atoms with Crippen molar-refractivity contribution in [3.8, 4) is 0 Å². The highest BCUT2D eigenvalue weighted by atomic mass is 35.5. The SMILES string of the molecule is COC(=O)C(c1ccccc1Cl)N1CCN(C(=O)CNC(=O)c2cccc(Cl)c2)CC1. The van der Waals surface area contributed by atoms with Crippen LogP contribution in [0.15, 0.2) is 48.5 Å². The van der Waals surface area contributed by atoms with Gasteiger partial charge >= 0.3 is 5.97 Å². The summed E-state index contributed by atoms with van der Waals surface area (Å²) in [6, 6.07) is 13.0. The maximum Gasteiger partial charge on any atom is 0.327 e. The van der Waals surface area contributed by atoms with Crippen molar-refractivity contribution in [3.05, 3.63) is 69.7 Å². The number of methoxy groups -OCH3 is 1. The molecule has 1 unspecified atom stereocenters. The molecule has 3 rings (SSSR count). The number of carbonyl (C=O) groups is 3. The summed E-state index contributed by atoms with van der Waals surface area (Å²) >= 11 is 12.2. The van der Waals surface area contributed by atoms with Gasteiger partial charge in [0.2, 0.25) is 5.91 Å². The van der Waals surface area contributed by atoms with E-state index >= 15 is 0 Å². The Morgan fingerprint density at radius 3 is 2.39 bits per heavy atom. The Morgan fingerprint density at radius 2 is 1.74 bits per heavy atom. The van der Waals surface area contributed by atoms with Crippen molar-refractivity contribution < 1.29 is 19.1 Å². The van der Waals surface area contributed by atoms with Gasteiger partial charge in [-0.25, -0.2) is 4.79 Å². The predicted molar refractivity (Wildman–Crippen MR) is 118 cm³/mol. The maximum atomic E-state index is 12.5. The van der Waals surface area contributed by atoms with Gasteiger partial charge in [-0.05, 0) is 29.8 Å². The summed E-state index contributed by atoms with van der Waals surface area (Å²) in [5, 5.41) is 3.56. The van der Waals surface area contributed by atoms with Gasteiger partial charge in [-0.1, -0.05) is 47.5 Å². The minimum absolute atomic E-state index is 0.115. The Labute approximate surface area is 190 Å². The molecule has 2 amide bonds. The van der Waals surface area contributed by atoms with Crippen molar-refractivity contribution in [1.29, 1.82) is 0 Å². The zero-order chi connectivity index (χ0) is 22.4. The number of benzene rings is 2. The molecule has 7 nitrogen and oxygen atoms in total. The van der Waals surface area contributed by atoms with E-state index < -0.39 is 12.0 Å². The van der Waals surface area contributed by atoms with Crippen LogP contribution in [0.25, 0.3) is 0 Å². The van der Waals surface area contributed by atoms with Crippen LogP contribution in [0.4, 0.5) is 0 Å². The molecule has 1 saturated heterocycles. The number of piperazine rings is 1. The summed E-state index contributed by atoms with van der Waals surface area (Å²) in [5.41, 5.74) is 1.07. The summed E-state index contributed by atoms with van der Waals surface area (Å²) in [5.74, 6) is -0.956. The number of nitrogens with one attached hydrogen (secondary N) is 1. The number of nitrogens with zero attached hydrogens (tertiary/aromatic N) is 2. The van der Waals surface area contributed by atoms with E-state index in [0.29, 0.717) is 47.4 Å². The van der Waals surface area contributed by atoms with Crippen molar-refractivity contribution >= 4 is 41.0 Å². The first-order valence-electron chi connectivity index (χ1n) is 9.78. The topological polar surface area (TPSA) is 79.0 Å². The molecule has 1 fully saturated rings. The van der Waals surface area contributed by atoms with Crippen LogP contribution in [0, 0.1) is 0 Å². The second-order valence-electron chi connectivity index (χ2n) is 7.06. The summed E-state index contributed by atoms with van der Waals surface area (Å²) in [7, 11) is 1.34. The summed E-state index contributed by atoms with van der Waals surface area (Å²) in [4.78, 5) is 40.8. The second-order valence-corrected chi connectivity index (χ2v) is 7.90. The summed E-state index contributed by atoms with van der Waals surface area (Å²) in [6.07, 6.45) is 0. The Hall–Kier alpha value is -2.61. The monoisotopic (exact) mass is 463 g/mol. The van der Waals surface area contributed by atoms with Crippen LogP contribution >= 0.6 is 23.2 Å². The third kappa shape index (κ3) is 5.76. The van der Waals surface area contributed by atoms with Crippen LogP contribution < -0.4 is 5.32 Å². The van der Waals surface area contributed by atoms with Crippen LogP contribution in [-0.4, -0.2) is 67.4 Å². The highest BCUT2D eigenvalue weighted by Gasteiger charge is 2.33. The van der Waals surface area contributed by atoms with E-state index in [9.17, 15) is 14.4 Å². The number of amides is 2. The van der Waals surface area contributed by atoms with Gasteiger partial charge in [0.25, 0.3) is 5.91 Å². The van der Waals surface area contributed by atoms with Gasteiger partial charge in [0.1, 0.15) is 6.04 Å². The molecular weight excluding hydrogens is 441 g/mol. The number of hydrogen-bond acceptors (Lipinski definition) is 5. The molecule has 1 aliphatic rings. The Kier molecular flexibility index (Phi) is 7.90. The van der Waals surface area contributed by atoms with Crippen LogP contribution in [-0.2, 0) is 14.3 Å². The molecule has 0 aromatic heterocycles. The fraction of sp³-hybridized carbons (Fsp3) is 0.318. The van der Waals surface area contributed by atoms with Crippen LogP contribution in [0.5, 0.6) is 0 Å². The Bertz CT molecular complexity index is 961. The normalized spacial score (nSPS) is 15.3. The molecule has 2 aromatic carbocycles. The van der Waals surface area contributed by atoms with E-state index in [1.165, 1.54) is 7.11 Å². The summed E-state index contributed by atoms with van der Waals surface area (Å²) < 4.78 is 4.99. The molecule has 1 aliphatic heterocycles. The van der Waals surface area contributed by atoms with Crippen molar-refractivity contribution in [3.63, 3.8) is 0 Å². The summed E-state index contributed by atoms with van der Waals surface area (Å²) in [6.45, 7) is 1.67. The third-order valence-electron chi connectivity index (χ3n) is 5.14. The number of carbonyl (C=O) groups excluding carboxylic acids is 3. The highest BCUT2D eigenvalue weighted by molar-refractivity contribution is 6.31. The number of esters is 1. The number of hydrogen-bond donors (Lipinski definition) is 1. The smallest absolute Gasteiger partial charge is 0.327 e. The van der Waals surface area contributed by atoms with Crippen molar-refractivity contribution in [1.82, 2.24) is 15.1 Å². The lowest BCUT2D eigenvalue weighted by Gasteiger charge is -2.38. The Balaban J connectivity index is 1.57. The van der Waals surface area contributed by atoms with Gasteiger partial charge in [-0.15, -0.1) is 0 Å². The molecule has 0 bridgehead atoms. The van der Waals surface area contributed by atoms with Gasteiger partial charge in [0.05, 0.1) is 13.7 Å². The van der Waals surface area contributed by atoms with E-state index in [-0.39, 0.29) is 18.4 Å². The van der Waals surface area contributed by atoms with E-state index in [1.54, 1.807) is 47.4 Å². The number of halogens is 2. The van der Waals surface area contributed by atoms with Crippen LogP contribution in [0.1, 0.15) is 22.0 Å². The quantitative estimate of drug-likeness (QED) is 0.666. The minimum atomic E-state index is -0.640. The molecule has 0 spiro atoms. The first-order chi connectivity index (χ1) is 14.9. The second kappa shape index (κ2) is 10.6. The number of ether oxygens (including phenoxy) is 1. The molecule has 1 N–H and O–H groups in total. The van der Waals surface area contributed by atoms with E-state index in [1.807, 2.05) is 11.0 Å². The fourth-order valence-corrected chi connectivity index (χ4v) is 3.94. The van der Waals surface area contributed by atoms with Crippen molar-refractivity contribution in [2.24, 2.45) is 0 Å². The van der Waals surface area contributed by atoms with E-state index in [4.69, 9.17) is 27.9 Å². The van der Waals surface area contributed by atoms with Crippen molar-refractivity contribution in [2.75, 3.05) is 39.8 Å². The van der Waals surface area contributed by atoms with Gasteiger partial charge in [0.15, 0.2) is 0 Å². The van der Waals surface area contributed by atoms with Gasteiger partial charge < -0.3 is 15.0 Å². The fourth-order valence-electron chi connectivity index (χ4n) is 3.51. The average Bonchev–Trinajstić information content (AvgIpc) is 2.79. The molecule has 9 heteroatoms. The molecule has 164 valence electrons. The van der Waals surface area contributed by atoms with E-state index in [0.717, 1.165) is 0 Å². The van der Waals surface area contributed by atoms with Crippen LogP contribution in [0.2, 0.25) is 10.0 Å². The lowest BCUT2D eigenvalue weighted by Crippen LogP contribution is -2.53. The first kappa shape index (κ1) is 23.1. The lowest BCUT2D eigenvalue weighted by atomic mass is 10.0. The largest absolute Gasteiger partial charge is 0.468 e. The highest BCUT2D eigenvalue weighted by Crippen LogP contribution is 2.29. The molecule has 1 heterocycles. The maximum absolute atomic E-state index is 12.5. The minimum Gasteiger partial charge on any atom is -0.468 e. The average molecular weight is 464 g/mol. The molecule has 1 atom stereocenters. The van der Waals surface area contributed by atoms with E-state index in [2.05, 4.69) is 5.32 Å². The molecule has 2 aromatic rings. The zero-order valence-corrected chi connectivity index (χ0v) is 18.5. The lowest BCUT2D eigenvalue weighted by molar-refractivity contribution is -0.148. The number of rotatable bonds is 6. The third-order valence-corrected chi connectivity index (χ3v) is 5.72.